The molecule has 3 nitrogen and oxygen atoms in total. The highest BCUT2D eigenvalue weighted by Gasteiger charge is 2.33. The summed E-state index contributed by atoms with van der Waals surface area (Å²) in [5.74, 6) is 1.38. The van der Waals surface area contributed by atoms with Crippen molar-refractivity contribution in [2.24, 2.45) is 0 Å². The minimum absolute atomic E-state index is 0.137. The van der Waals surface area contributed by atoms with Gasteiger partial charge in [0.25, 0.3) is 0 Å². The van der Waals surface area contributed by atoms with Gasteiger partial charge in [-0.3, -0.25) is 0 Å². The predicted molar refractivity (Wildman–Crippen MR) is 80.7 cm³/mol. The van der Waals surface area contributed by atoms with Crippen LogP contribution in [0, 0.1) is 0 Å². The third-order valence-electron chi connectivity index (χ3n) is 4.57. The molecule has 0 radical (unpaired) electrons. The Morgan fingerprint density at radius 1 is 1.19 bits per heavy atom. The molecule has 0 unspecified atom stereocenters. The first kappa shape index (κ1) is 14.8. The van der Waals surface area contributed by atoms with Gasteiger partial charge < -0.3 is 14.8 Å². The van der Waals surface area contributed by atoms with Gasteiger partial charge in [-0.25, -0.2) is 4.39 Å². The van der Waals surface area contributed by atoms with Gasteiger partial charge in [0, 0.05) is 26.1 Å². The molecule has 1 aromatic carbocycles. The molecular weight excluding hydrogens is 269 g/mol. The Labute approximate surface area is 125 Å². The fourth-order valence-corrected chi connectivity index (χ4v) is 3.17. The van der Waals surface area contributed by atoms with Crippen LogP contribution in [0.25, 0.3) is 0 Å². The number of alkyl halides is 1. The fourth-order valence-electron chi connectivity index (χ4n) is 3.17. The summed E-state index contributed by atoms with van der Waals surface area (Å²) in [7, 11) is 0. The van der Waals surface area contributed by atoms with Crippen molar-refractivity contribution in [2.75, 3.05) is 32.9 Å². The third-order valence-corrected chi connectivity index (χ3v) is 4.57. The normalized spacial score (nSPS) is 22.9. The van der Waals surface area contributed by atoms with Gasteiger partial charge >= 0.3 is 0 Å². The van der Waals surface area contributed by atoms with Gasteiger partial charge in [-0.05, 0) is 43.5 Å². The molecule has 4 heteroatoms. The van der Waals surface area contributed by atoms with Gasteiger partial charge in [-0.1, -0.05) is 18.2 Å². The Kier molecular flexibility index (Phi) is 4.76. The number of halogens is 1. The maximum atomic E-state index is 14.6. The molecule has 116 valence electrons. The number of hydrogen-bond donors (Lipinski definition) is 1. The second kappa shape index (κ2) is 6.75. The molecule has 0 atom stereocenters. The number of nitrogens with one attached hydrogen (secondary N) is 1. The predicted octanol–water partition coefficient (Wildman–Crippen LogP) is 3.05. The summed E-state index contributed by atoms with van der Waals surface area (Å²) in [6, 6.07) is 8.11. The lowest BCUT2D eigenvalue weighted by molar-refractivity contribution is -0.0325. The first-order chi connectivity index (χ1) is 10.3. The SMILES string of the molecule is FC1(COc2ccccc2C2CCNCC2)CCOCC1. The highest BCUT2D eigenvalue weighted by Crippen LogP contribution is 2.34. The second-order valence-electron chi connectivity index (χ2n) is 6.11. The fraction of sp³-hybridized carbons (Fsp3) is 0.647. The van der Waals surface area contributed by atoms with Crippen LogP contribution in [0.3, 0.4) is 0 Å². The highest BCUT2D eigenvalue weighted by molar-refractivity contribution is 5.36. The minimum atomic E-state index is -1.24. The monoisotopic (exact) mass is 293 g/mol. The van der Waals surface area contributed by atoms with Crippen LogP contribution in [0.4, 0.5) is 4.39 Å². The lowest BCUT2D eigenvalue weighted by Crippen LogP contribution is -2.37. The molecule has 0 bridgehead atoms. The van der Waals surface area contributed by atoms with Crippen LogP contribution in [0.5, 0.6) is 5.75 Å². The van der Waals surface area contributed by atoms with E-state index >= 15 is 0 Å². The van der Waals surface area contributed by atoms with Gasteiger partial charge in [-0.15, -0.1) is 0 Å². The standard InChI is InChI=1S/C17H24FNO2/c18-17(7-11-20-12-8-17)13-21-16-4-2-1-3-15(16)14-5-9-19-10-6-14/h1-4,14,19H,5-13H2. The number of para-hydroxylation sites is 1. The number of piperidine rings is 1. The van der Waals surface area contributed by atoms with Crippen molar-refractivity contribution >= 4 is 0 Å². The Hall–Kier alpha value is -1.13. The summed E-state index contributed by atoms with van der Waals surface area (Å²) in [5.41, 5.74) is -0.00546. The van der Waals surface area contributed by atoms with Crippen molar-refractivity contribution in [3.63, 3.8) is 0 Å². The first-order valence-electron chi connectivity index (χ1n) is 7.96. The van der Waals surface area contributed by atoms with Crippen LogP contribution in [0.2, 0.25) is 0 Å². The Morgan fingerprint density at radius 3 is 2.67 bits per heavy atom. The van der Waals surface area contributed by atoms with Crippen molar-refractivity contribution in [1.29, 1.82) is 0 Å². The number of hydrogen-bond acceptors (Lipinski definition) is 3. The maximum absolute atomic E-state index is 14.6. The summed E-state index contributed by atoms with van der Waals surface area (Å²) in [6.45, 7) is 3.22. The third kappa shape index (κ3) is 3.74. The molecule has 0 aromatic heterocycles. The zero-order chi connectivity index (χ0) is 14.5. The largest absolute Gasteiger partial charge is 0.490 e. The van der Waals surface area contributed by atoms with Crippen LogP contribution >= 0.6 is 0 Å². The van der Waals surface area contributed by atoms with E-state index in [0.29, 0.717) is 32.0 Å². The van der Waals surface area contributed by atoms with Crippen LogP contribution in [-0.2, 0) is 4.74 Å². The van der Waals surface area contributed by atoms with Gasteiger partial charge in [0.1, 0.15) is 18.0 Å². The maximum Gasteiger partial charge on any atom is 0.149 e. The zero-order valence-electron chi connectivity index (χ0n) is 12.4. The van der Waals surface area contributed by atoms with Crippen LogP contribution in [-0.4, -0.2) is 38.6 Å². The van der Waals surface area contributed by atoms with E-state index in [1.165, 1.54) is 5.56 Å². The van der Waals surface area contributed by atoms with Gasteiger partial charge in [0.15, 0.2) is 0 Å². The van der Waals surface area contributed by atoms with E-state index in [9.17, 15) is 4.39 Å². The van der Waals surface area contributed by atoms with E-state index in [0.717, 1.165) is 31.7 Å². The lowest BCUT2D eigenvalue weighted by atomic mass is 9.89. The Morgan fingerprint density at radius 2 is 1.90 bits per heavy atom. The smallest absolute Gasteiger partial charge is 0.149 e. The molecule has 1 aromatic rings. The molecule has 3 rings (SSSR count). The van der Waals surface area contributed by atoms with Gasteiger partial charge in [0.05, 0.1) is 0 Å². The Bertz CT molecular complexity index is 454. The van der Waals surface area contributed by atoms with E-state index in [2.05, 4.69) is 11.4 Å². The molecule has 0 amide bonds. The number of ether oxygens (including phenoxy) is 2. The van der Waals surface area contributed by atoms with Crippen molar-refractivity contribution < 1.29 is 13.9 Å². The molecule has 2 aliphatic heterocycles. The molecule has 0 saturated carbocycles. The number of benzene rings is 1. The quantitative estimate of drug-likeness (QED) is 0.925. The van der Waals surface area contributed by atoms with Crippen LogP contribution < -0.4 is 10.1 Å². The van der Waals surface area contributed by atoms with Gasteiger partial charge in [0.2, 0.25) is 0 Å². The summed E-state index contributed by atoms with van der Waals surface area (Å²) in [6.07, 6.45) is 3.11. The Balaban J connectivity index is 1.67. The van der Waals surface area contributed by atoms with E-state index in [1.54, 1.807) is 0 Å². The summed E-state index contributed by atoms with van der Waals surface area (Å²) in [4.78, 5) is 0. The van der Waals surface area contributed by atoms with Crippen LogP contribution in [0.15, 0.2) is 24.3 Å². The molecule has 0 aliphatic carbocycles. The van der Waals surface area contributed by atoms with E-state index in [1.807, 2.05) is 18.2 Å². The molecule has 2 saturated heterocycles. The second-order valence-corrected chi connectivity index (χ2v) is 6.11. The van der Waals surface area contributed by atoms with Gasteiger partial charge in [-0.2, -0.15) is 0 Å². The molecule has 0 spiro atoms. The summed E-state index contributed by atoms with van der Waals surface area (Å²) in [5, 5.41) is 3.38. The molecular formula is C17H24FNO2. The van der Waals surface area contributed by atoms with E-state index in [4.69, 9.17) is 9.47 Å². The average molecular weight is 293 g/mol. The number of rotatable bonds is 4. The van der Waals surface area contributed by atoms with E-state index in [-0.39, 0.29) is 6.61 Å². The van der Waals surface area contributed by atoms with Crippen LogP contribution in [0.1, 0.15) is 37.2 Å². The first-order valence-corrected chi connectivity index (χ1v) is 7.96. The lowest BCUT2D eigenvalue weighted by Gasteiger charge is -2.30. The molecule has 2 fully saturated rings. The zero-order valence-corrected chi connectivity index (χ0v) is 12.4. The van der Waals surface area contributed by atoms with Crippen molar-refractivity contribution in [2.45, 2.75) is 37.3 Å². The molecule has 2 heterocycles. The van der Waals surface area contributed by atoms with Crippen molar-refractivity contribution in [3.05, 3.63) is 29.8 Å². The van der Waals surface area contributed by atoms with Crippen molar-refractivity contribution in [1.82, 2.24) is 5.32 Å². The highest BCUT2D eigenvalue weighted by atomic mass is 19.1. The topological polar surface area (TPSA) is 30.5 Å². The molecule has 1 N–H and O–H groups in total. The van der Waals surface area contributed by atoms with E-state index < -0.39 is 5.67 Å². The molecule has 2 aliphatic rings. The average Bonchev–Trinajstić information content (AvgIpc) is 2.55. The minimum Gasteiger partial charge on any atom is -0.490 e. The summed E-state index contributed by atoms with van der Waals surface area (Å²) < 4.78 is 25.7. The van der Waals surface area contributed by atoms with Crippen molar-refractivity contribution in [3.8, 4) is 5.75 Å². The molecule has 21 heavy (non-hydrogen) atoms. The summed E-state index contributed by atoms with van der Waals surface area (Å²) >= 11 is 0.